The van der Waals surface area contributed by atoms with E-state index in [2.05, 4.69) is 36.5 Å². The average Bonchev–Trinajstić information content (AvgIpc) is 2.39. The van der Waals surface area contributed by atoms with E-state index < -0.39 is 0 Å². The fourth-order valence-corrected chi connectivity index (χ4v) is 1.44. The summed E-state index contributed by atoms with van der Waals surface area (Å²) in [6.07, 6.45) is 11.9. The lowest BCUT2D eigenvalue weighted by Crippen LogP contribution is -2.15. The van der Waals surface area contributed by atoms with Gasteiger partial charge in [0.05, 0.1) is 15.9 Å². The average molecular weight is 292 g/mol. The van der Waals surface area contributed by atoms with Crippen LogP contribution >= 0.6 is 15.9 Å². The lowest BCUT2D eigenvalue weighted by atomic mass is 10.2. The van der Waals surface area contributed by atoms with Gasteiger partial charge in [0.15, 0.2) is 0 Å². The maximum atomic E-state index is 7.38. The molecule has 2 heterocycles. The van der Waals surface area contributed by atoms with Gasteiger partial charge < -0.3 is 16.0 Å². The van der Waals surface area contributed by atoms with Crippen LogP contribution in [0.25, 0.3) is 0 Å². The molecule has 0 aliphatic carbocycles. The molecular formula is C11H10BrN5. The molecule has 0 unspecified atom stereocenters. The maximum Gasteiger partial charge on any atom is 0.227 e. The van der Waals surface area contributed by atoms with Crippen LogP contribution in [0, 0.1) is 5.41 Å². The van der Waals surface area contributed by atoms with Gasteiger partial charge in [-0.25, -0.2) is 9.97 Å². The predicted molar refractivity (Wildman–Crippen MR) is 70.6 cm³/mol. The minimum absolute atomic E-state index is 0.448. The molecule has 0 aromatic carbocycles. The van der Waals surface area contributed by atoms with Crippen LogP contribution in [0.5, 0.6) is 0 Å². The molecule has 5 nitrogen and oxygen atoms in total. The van der Waals surface area contributed by atoms with Gasteiger partial charge in [-0.2, -0.15) is 0 Å². The van der Waals surface area contributed by atoms with Crippen LogP contribution in [0.15, 0.2) is 52.7 Å². The zero-order valence-electron chi connectivity index (χ0n) is 8.81. The highest BCUT2D eigenvalue weighted by Gasteiger charge is 2.04. The summed E-state index contributed by atoms with van der Waals surface area (Å²) in [5, 5.41) is 13.4. The monoisotopic (exact) mass is 291 g/mol. The number of hydrogen-bond acceptors (Lipinski definition) is 5. The molecule has 1 aliphatic heterocycles. The number of nitrogens with one attached hydrogen (secondary N) is 3. The largest absolute Gasteiger partial charge is 0.360 e. The first-order chi connectivity index (χ1) is 8.29. The molecule has 3 N–H and O–H groups in total. The number of rotatable bonds is 3. The van der Waals surface area contributed by atoms with E-state index in [0.29, 0.717) is 11.6 Å². The second-order valence-corrected chi connectivity index (χ2v) is 4.10. The van der Waals surface area contributed by atoms with Crippen LogP contribution in [-0.2, 0) is 0 Å². The van der Waals surface area contributed by atoms with Gasteiger partial charge in [0.1, 0.15) is 0 Å². The van der Waals surface area contributed by atoms with Gasteiger partial charge in [0, 0.05) is 24.8 Å². The fraction of sp³-hybridized carbons (Fsp3) is 0. The third-order valence-electron chi connectivity index (χ3n) is 2.01. The number of aromatic nitrogens is 2. The number of nitrogens with zero attached hydrogens (tertiary/aromatic N) is 2. The lowest BCUT2D eigenvalue weighted by Gasteiger charge is -2.11. The summed E-state index contributed by atoms with van der Waals surface area (Å²) in [6.45, 7) is 0. The quantitative estimate of drug-likeness (QED) is 0.747. The first kappa shape index (κ1) is 11.5. The molecule has 1 aliphatic rings. The van der Waals surface area contributed by atoms with E-state index in [4.69, 9.17) is 5.41 Å². The normalized spacial score (nSPS) is 16.3. The Morgan fingerprint density at radius 2 is 2.12 bits per heavy atom. The van der Waals surface area contributed by atoms with Crippen molar-refractivity contribution in [3.05, 3.63) is 52.7 Å². The van der Waals surface area contributed by atoms with Crippen molar-refractivity contribution in [2.45, 2.75) is 0 Å². The van der Waals surface area contributed by atoms with Crippen molar-refractivity contribution in [1.29, 1.82) is 5.41 Å². The number of anilines is 1. The molecule has 0 atom stereocenters. The minimum Gasteiger partial charge on any atom is -0.360 e. The van der Waals surface area contributed by atoms with Gasteiger partial charge in [0.2, 0.25) is 5.95 Å². The van der Waals surface area contributed by atoms with Crippen LogP contribution in [0.4, 0.5) is 5.95 Å². The Hall–Kier alpha value is -1.95. The Morgan fingerprint density at radius 3 is 2.71 bits per heavy atom. The second-order valence-electron chi connectivity index (χ2n) is 3.18. The molecule has 0 amide bonds. The van der Waals surface area contributed by atoms with E-state index in [9.17, 15) is 0 Å². The van der Waals surface area contributed by atoms with Crippen LogP contribution < -0.4 is 10.6 Å². The second kappa shape index (κ2) is 5.40. The molecule has 1 aromatic rings. The number of dihydropyridines is 1. The Balaban J connectivity index is 2.20. The van der Waals surface area contributed by atoms with E-state index in [-0.39, 0.29) is 0 Å². The van der Waals surface area contributed by atoms with Crippen molar-refractivity contribution in [1.82, 2.24) is 15.3 Å². The Bertz CT molecular complexity index is 501. The standard InChI is InChI=1S/C11H10BrN5/c12-8-6-15-11(16-7-8)17-10(5-13)9-3-1-2-4-14-9/h1-7,13-14H,(H,15,16,17)/b10-9+,13-5?. The molecule has 86 valence electrons. The highest BCUT2D eigenvalue weighted by atomic mass is 79.9. The molecule has 0 bridgehead atoms. The molecule has 0 saturated heterocycles. The predicted octanol–water partition coefficient (Wildman–Crippen LogP) is 2.19. The van der Waals surface area contributed by atoms with Crippen molar-refractivity contribution in [3.63, 3.8) is 0 Å². The van der Waals surface area contributed by atoms with Gasteiger partial charge in [-0.1, -0.05) is 6.08 Å². The lowest BCUT2D eigenvalue weighted by molar-refractivity contribution is 1.06. The molecule has 0 spiro atoms. The molecule has 0 fully saturated rings. The van der Waals surface area contributed by atoms with Gasteiger partial charge in [-0.3, -0.25) is 0 Å². The fourth-order valence-electron chi connectivity index (χ4n) is 1.24. The summed E-state index contributed by atoms with van der Waals surface area (Å²) in [4.78, 5) is 8.17. The first-order valence-electron chi connectivity index (χ1n) is 4.88. The smallest absolute Gasteiger partial charge is 0.227 e. The van der Waals surface area contributed by atoms with Crippen LogP contribution in [0.3, 0.4) is 0 Å². The topological polar surface area (TPSA) is 73.7 Å². The first-order valence-corrected chi connectivity index (χ1v) is 5.68. The molecule has 6 heteroatoms. The van der Waals surface area contributed by atoms with Crippen molar-refractivity contribution in [2.75, 3.05) is 5.32 Å². The summed E-state index contributed by atoms with van der Waals surface area (Å²) in [6, 6.07) is 0. The van der Waals surface area contributed by atoms with Crippen LogP contribution in [-0.4, -0.2) is 16.2 Å². The summed E-state index contributed by atoms with van der Waals surface area (Å²) in [5.41, 5.74) is 1.40. The van der Waals surface area contributed by atoms with Crippen molar-refractivity contribution >= 4 is 28.1 Å². The highest BCUT2D eigenvalue weighted by Crippen LogP contribution is 2.10. The van der Waals surface area contributed by atoms with Gasteiger partial charge in [-0.15, -0.1) is 0 Å². The summed E-state index contributed by atoms with van der Waals surface area (Å²) in [7, 11) is 0. The summed E-state index contributed by atoms with van der Waals surface area (Å²) < 4.78 is 0.811. The van der Waals surface area contributed by atoms with E-state index >= 15 is 0 Å². The zero-order valence-corrected chi connectivity index (χ0v) is 10.4. The number of allylic oxidation sites excluding steroid dienone is 4. The van der Waals surface area contributed by atoms with Crippen molar-refractivity contribution in [2.24, 2.45) is 0 Å². The minimum atomic E-state index is 0.448. The molecule has 0 saturated carbocycles. The highest BCUT2D eigenvalue weighted by molar-refractivity contribution is 9.10. The Morgan fingerprint density at radius 1 is 1.35 bits per heavy atom. The maximum absolute atomic E-state index is 7.38. The van der Waals surface area contributed by atoms with E-state index in [1.165, 1.54) is 6.21 Å². The molecule has 0 radical (unpaired) electrons. The van der Waals surface area contributed by atoms with Crippen molar-refractivity contribution < 1.29 is 0 Å². The Labute approximate surface area is 107 Å². The SMILES string of the molecule is N=C/C(Nc1ncc(Br)cn1)=C1/C=CC=CN1. The molecule has 2 rings (SSSR count). The molecule has 1 aromatic heterocycles. The third kappa shape index (κ3) is 3.01. The van der Waals surface area contributed by atoms with Gasteiger partial charge >= 0.3 is 0 Å². The van der Waals surface area contributed by atoms with Gasteiger partial charge in [-0.05, 0) is 28.1 Å². The summed E-state index contributed by atoms with van der Waals surface area (Å²) >= 11 is 3.26. The molecule has 17 heavy (non-hydrogen) atoms. The van der Waals surface area contributed by atoms with E-state index in [1.54, 1.807) is 18.6 Å². The van der Waals surface area contributed by atoms with Gasteiger partial charge in [0.25, 0.3) is 0 Å². The third-order valence-corrected chi connectivity index (χ3v) is 2.42. The molecular weight excluding hydrogens is 282 g/mol. The van der Waals surface area contributed by atoms with Crippen molar-refractivity contribution in [3.8, 4) is 0 Å². The zero-order chi connectivity index (χ0) is 12.1. The van der Waals surface area contributed by atoms with Crippen LogP contribution in [0.2, 0.25) is 0 Å². The summed E-state index contributed by atoms with van der Waals surface area (Å²) in [5.74, 6) is 0.448. The van der Waals surface area contributed by atoms with E-state index in [0.717, 1.165) is 10.2 Å². The van der Waals surface area contributed by atoms with E-state index in [1.807, 2.05) is 18.2 Å². The Kier molecular flexibility index (Phi) is 3.66. The number of halogens is 1. The van der Waals surface area contributed by atoms with Crippen LogP contribution in [0.1, 0.15) is 0 Å². The number of hydrogen-bond donors (Lipinski definition) is 3.